The molecule has 11 rings (SSSR count). The summed E-state index contributed by atoms with van der Waals surface area (Å²) < 4.78 is 12.9. The smallest absolute Gasteiger partial charge is 0.164 e. The van der Waals surface area contributed by atoms with Gasteiger partial charge in [0, 0.05) is 43.6 Å². The van der Waals surface area contributed by atoms with Gasteiger partial charge >= 0.3 is 0 Å². The van der Waals surface area contributed by atoms with E-state index < -0.39 is 0 Å². The monoisotopic (exact) mass is 691 g/mol. The number of nitrogens with zero attached hydrogens (tertiary/aromatic N) is 3. The average molecular weight is 692 g/mol. The lowest BCUT2D eigenvalue weighted by Gasteiger charge is -2.11. The summed E-state index contributed by atoms with van der Waals surface area (Å²) >= 11 is 0. The number of rotatable bonds is 5. The van der Waals surface area contributed by atoms with Crippen LogP contribution in [0.1, 0.15) is 0 Å². The molecule has 0 saturated carbocycles. The normalized spacial score (nSPS) is 11.7. The summed E-state index contributed by atoms with van der Waals surface area (Å²) in [7, 11) is 0. The minimum absolute atomic E-state index is 0.572. The van der Waals surface area contributed by atoms with Crippen LogP contribution < -0.4 is 0 Å². The van der Waals surface area contributed by atoms with Crippen molar-refractivity contribution in [1.82, 2.24) is 15.0 Å². The topological polar surface area (TPSA) is 65.0 Å². The molecule has 0 radical (unpaired) electrons. The number of hydrogen-bond donors (Lipinski definition) is 0. The molecule has 252 valence electrons. The second-order valence-electron chi connectivity index (χ2n) is 13.6. The van der Waals surface area contributed by atoms with Crippen LogP contribution in [0.2, 0.25) is 0 Å². The van der Waals surface area contributed by atoms with Crippen LogP contribution in [-0.4, -0.2) is 15.0 Å². The third kappa shape index (κ3) is 4.98. The number of furan rings is 2. The molecule has 0 aliphatic heterocycles. The third-order valence-electron chi connectivity index (χ3n) is 10.3. The molecule has 0 N–H and O–H groups in total. The lowest BCUT2D eigenvalue weighted by molar-refractivity contribution is 0.669. The van der Waals surface area contributed by atoms with Crippen molar-refractivity contribution >= 4 is 54.6 Å². The zero-order chi connectivity index (χ0) is 35.6. The lowest BCUT2D eigenvalue weighted by atomic mass is 9.96. The molecule has 5 nitrogen and oxygen atoms in total. The molecule has 0 fully saturated rings. The summed E-state index contributed by atoms with van der Waals surface area (Å²) in [5.74, 6) is 1.76. The minimum Gasteiger partial charge on any atom is -0.456 e. The maximum Gasteiger partial charge on any atom is 0.164 e. The number of fused-ring (bicyclic) bond motifs is 8. The lowest BCUT2D eigenvalue weighted by Crippen LogP contribution is -2.00. The molecule has 54 heavy (non-hydrogen) atoms. The van der Waals surface area contributed by atoms with Crippen LogP contribution in [0, 0.1) is 0 Å². The molecule has 0 spiro atoms. The number of hydrogen-bond acceptors (Lipinski definition) is 5. The van der Waals surface area contributed by atoms with Crippen molar-refractivity contribution in [2.45, 2.75) is 0 Å². The van der Waals surface area contributed by atoms with Crippen molar-refractivity contribution in [1.29, 1.82) is 0 Å². The average Bonchev–Trinajstić information content (AvgIpc) is 3.81. The molecule has 0 aliphatic carbocycles. The van der Waals surface area contributed by atoms with Crippen molar-refractivity contribution in [3.05, 3.63) is 176 Å². The molecule has 0 aliphatic rings. The highest BCUT2D eigenvalue weighted by Crippen LogP contribution is 2.41. The van der Waals surface area contributed by atoms with Gasteiger partial charge in [-0.1, -0.05) is 133 Å². The molecule has 11 aromatic rings. The van der Waals surface area contributed by atoms with Crippen LogP contribution in [-0.2, 0) is 0 Å². The summed E-state index contributed by atoms with van der Waals surface area (Å²) in [6, 6.07) is 60.5. The van der Waals surface area contributed by atoms with Crippen LogP contribution >= 0.6 is 0 Å². The summed E-state index contributed by atoms with van der Waals surface area (Å²) in [6.07, 6.45) is 0. The van der Waals surface area contributed by atoms with Gasteiger partial charge in [-0.3, -0.25) is 0 Å². The van der Waals surface area contributed by atoms with Crippen LogP contribution in [0.15, 0.2) is 185 Å². The Bertz CT molecular complexity index is 3220. The highest BCUT2D eigenvalue weighted by molar-refractivity contribution is 6.19. The van der Waals surface area contributed by atoms with Gasteiger partial charge in [0.25, 0.3) is 0 Å². The van der Waals surface area contributed by atoms with Crippen LogP contribution in [0.3, 0.4) is 0 Å². The largest absolute Gasteiger partial charge is 0.456 e. The number of benzene rings is 8. The minimum atomic E-state index is 0.572. The zero-order valence-corrected chi connectivity index (χ0v) is 28.9. The van der Waals surface area contributed by atoms with E-state index in [9.17, 15) is 0 Å². The Labute approximate surface area is 309 Å². The van der Waals surface area contributed by atoms with E-state index in [4.69, 9.17) is 23.8 Å². The van der Waals surface area contributed by atoms with Gasteiger partial charge in [0.1, 0.15) is 22.3 Å². The fraction of sp³-hybridized carbons (Fsp3) is 0. The molecule has 0 amide bonds. The van der Waals surface area contributed by atoms with Gasteiger partial charge in [0.2, 0.25) is 0 Å². The Hall–Kier alpha value is -7.37. The van der Waals surface area contributed by atoms with E-state index in [0.29, 0.717) is 17.5 Å². The van der Waals surface area contributed by atoms with Gasteiger partial charge in [-0.15, -0.1) is 0 Å². The first-order valence-corrected chi connectivity index (χ1v) is 18.0. The number of para-hydroxylation sites is 1. The molecule has 3 heterocycles. The van der Waals surface area contributed by atoms with E-state index in [1.54, 1.807) is 0 Å². The fourth-order valence-electron chi connectivity index (χ4n) is 7.68. The Balaban J connectivity index is 1.12. The van der Waals surface area contributed by atoms with Crippen molar-refractivity contribution in [3.8, 4) is 56.4 Å². The van der Waals surface area contributed by atoms with Gasteiger partial charge in [-0.2, -0.15) is 0 Å². The summed E-state index contributed by atoms with van der Waals surface area (Å²) in [6.45, 7) is 0. The van der Waals surface area contributed by atoms with Gasteiger partial charge in [-0.25, -0.2) is 15.0 Å². The maximum absolute atomic E-state index is 6.63. The SMILES string of the molecule is c1ccc(-c2cccc(-c3ccc4oc5c6ccccc6c(-c6nc(-c7ccccc7)nc(-c7ccc8c(c7)oc7ccccc78)n6)cc5c4c3)c2)cc1. The summed E-state index contributed by atoms with van der Waals surface area (Å²) in [5, 5.41) is 6.18. The van der Waals surface area contributed by atoms with E-state index in [0.717, 1.165) is 82.5 Å². The third-order valence-corrected chi connectivity index (χ3v) is 10.3. The quantitative estimate of drug-likeness (QED) is 0.180. The molecule has 0 saturated heterocycles. The van der Waals surface area contributed by atoms with Crippen molar-refractivity contribution in [2.24, 2.45) is 0 Å². The van der Waals surface area contributed by atoms with E-state index in [-0.39, 0.29) is 0 Å². The van der Waals surface area contributed by atoms with E-state index in [1.807, 2.05) is 66.7 Å². The molecule has 8 aromatic carbocycles. The van der Waals surface area contributed by atoms with Crippen molar-refractivity contribution in [2.75, 3.05) is 0 Å². The maximum atomic E-state index is 6.63. The molecule has 3 aromatic heterocycles. The van der Waals surface area contributed by atoms with Gasteiger partial charge in [0.05, 0.1) is 0 Å². The van der Waals surface area contributed by atoms with Crippen LogP contribution in [0.25, 0.3) is 111 Å². The molecule has 5 heteroatoms. The Morgan fingerprint density at radius 3 is 1.67 bits per heavy atom. The molecule has 0 bridgehead atoms. The molecule has 0 atom stereocenters. The Morgan fingerprint density at radius 1 is 0.278 bits per heavy atom. The van der Waals surface area contributed by atoms with Gasteiger partial charge in [-0.05, 0) is 70.1 Å². The van der Waals surface area contributed by atoms with Gasteiger partial charge in [0.15, 0.2) is 17.5 Å². The Kier molecular flexibility index (Phi) is 6.79. The summed E-state index contributed by atoms with van der Waals surface area (Å²) in [4.78, 5) is 15.4. The second-order valence-corrected chi connectivity index (χ2v) is 13.6. The first-order valence-electron chi connectivity index (χ1n) is 18.0. The van der Waals surface area contributed by atoms with E-state index in [2.05, 4.69) is 109 Å². The van der Waals surface area contributed by atoms with E-state index in [1.165, 1.54) is 11.1 Å². The van der Waals surface area contributed by atoms with Crippen LogP contribution in [0.5, 0.6) is 0 Å². The highest BCUT2D eigenvalue weighted by atomic mass is 16.3. The van der Waals surface area contributed by atoms with Gasteiger partial charge < -0.3 is 8.83 Å². The molecular formula is C49H29N3O2. The van der Waals surface area contributed by atoms with E-state index >= 15 is 0 Å². The predicted octanol–water partition coefficient (Wildman–Crippen LogP) is 13.2. The second kappa shape index (κ2) is 12.1. The fourth-order valence-corrected chi connectivity index (χ4v) is 7.68. The molecule has 0 unspecified atom stereocenters. The summed E-state index contributed by atoms with van der Waals surface area (Å²) in [5.41, 5.74) is 10.6. The standard InChI is InChI=1S/C49H29N3O2/c1-3-12-30(13-4-1)32-16-11-17-33(26-32)34-23-25-44-40(27-34)41-29-42(36-18-7-8-20-39(36)46(41)54-44)49-51-47(31-14-5-2-6-15-31)50-48(52-49)35-22-24-38-37-19-9-10-21-43(37)53-45(38)28-35/h1-29H. The number of aromatic nitrogens is 3. The Morgan fingerprint density at radius 2 is 0.852 bits per heavy atom. The highest BCUT2D eigenvalue weighted by Gasteiger charge is 2.20. The first-order chi connectivity index (χ1) is 26.7. The van der Waals surface area contributed by atoms with Crippen molar-refractivity contribution < 1.29 is 8.83 Å². The molecular weight excluding hydrogens is 663 g/mol. The zero-order valence-electron chi connectivity index (χ0n) is 28.9. The predicted molar refractivity (Wildman–Crippen MR) is 219 cm³/mol. The first kappa shape index (κ1) is 30.3. The van der Waals surface area contributed by atoms with Crippen LogP contribution in [0.4, 0.5) is 0 Å². The van der Waals surface area contributed by atoms with Crippen molar-refractivity contribution in [3.63, 3.8) is 0 Å².